The van der Waals surface area contributed by atoms with Crippen LogP contribution >= 0.6 is 11.6 Å². The van der Waals surface area contributed by atoms with Gasteiger partial charge < -0.3 is 4.90 Å². The minimum Gasteiger partial charge on any atom is -0.340 e. The number of amides is 1. The third-order valence-corrected chi connectivity index (χ3v) is 3.98. The second-order valence-electron chi connectivity index (χ2n) is 5.50. The molecule has 1 atom stereocenters. The Morgan fingerprint density at radius 3 is 2.83 bits per heavy atom. The molecule has 2 aromatic heterocycles. The van der Waals surface area contributed by atoms with Gasteiger partial charge in [-0.15, -0.1) is 10.2 Å². The van der Waals surface area contributed by atoms with E-state index in [0.29, 0.717) is 28.8 Å². The van der Waals surface area contributed by atoms with Gasteiger partial charge in [-0.2, -0.15) is 10.3 Å². The van der Waals surface area contributed by atoms with Crippen LogP contribution < -0.4 is 0 Å². The first-order chi connectivity index (χ1) is 11.6. The number of aromatic nitrogens is 6. The van der Waals surface area contributed by atoms with E-state index in [4.69, 9.17) is 11.6 Å². The van der Waals surface area contributed by atoms with Crippen molar-refractivity contribution < 1.29 is 4.79 Å². The molecule has 2 N–H and O–H groups in total. The van der Waals surface area contributed by atoms with E-state index >= 15 is 0 Å². The van der Waals surface area contributed by atoms with E-state index < -0.39 is 0 Å². The summed E-state index contributed by atoms with van der Waals surface area (Å²) in [7, 11) is 1.72. The summed E-state index contributed by atoms with van der Waals surface area (Å²) in [6.45, 7) is 2.38. The highest BCUT2D eigenvalue weighted by molar-refractivity contribution is 6.33. The molecular formula is C15H16ClN7O. The number of carbonyl (C=O) groups is 1. The predicted molar refractivity (Wildman–Crippen MR) is 88.6 cm³/mol. The number of H-pyrrole nitrogens is 2. The quantitative estimate of drug-likeness (QED) is 0.737. The third-order valence-electron chi connectivity index (χ3n) is 3.65. The van der Waals surface area contributed by atoms with Gasteiger partial charge in [-0.25, -0.2) is 0 Å². The second kappa shape index (κ2) is 6.79. The number of carbonyl (C=O) groups excluding carboxylic acids is 1. The fourth-order valence-corrected chi connectivity index (χ4v) is 2.63. The Bertz CT molecular complexity index is 830. The molecule has 1 unspecified atom stereocenters. The minimum atomic E-state index is -0.170. The number of nitrogens with one attached hydrogen (secondary N) is 2. The lowest BCUT2D eigenvalue weighted by Crippen LogP contribution is -2.31. The van der Waals surface area contributed by atoms with Crippen LogP contribution in [-0.4, -0.2) is 55.2 Å². The van der Waals surface area contributed by atoms with Gasteiger partial charge in [0.25, 0.3) is 5.91 Å². The smallest absolute Gasteiger partial charge is 0.271 e. The zero-order chi connectivity index (χ0) is 17.1. The van der Waals surface area contributed by atoms with Crippen molar-refractivity contribution in [3.63, 3.8) is 0 Å². The number of benzene rings is 1. The summed E-state index contributed by atoms with van der Waals surface area (Å²) in [5, 5.41) is 21.3. The molecule has 0 aliphatic rings. The molecule has 124 valence electrons. The lowest BCUT2D eigenvalue weighted by Gasteiger charge is -2.18. The van der Waals surface area contributed by atoms with E-state index in [1.54, 1.807) is 24.1 Å². The number of aromatic amines is 2. The first-order valence-electron chi connectivity index (χ1n) is 7.35. The Kier molecular flexibility index (Phi) is 4.57. The van der Waals surface area contributed by atoms with E-state index in [9.17, 15) is 4.79 Å². The van der Waals surface area contributed by atoms with Crippen molar-refractivity contribution in [1.29, 1.82) is 0 Å². The summed E-state index contributed by atoms with van der Waals surface area (Å²) in [6.07, 6.45) is 0. The van der Waals surface area contributed by atoms with Crippen LogP contribution in [0, 0.1) is 0 Å². The van der Waals surface area contributed by atoms with Gasteiger partial charge in [0.15, 0.2) is 5.82 Å². The molecule has 1 aromatic carbocycles. The Hall–Kier alpha value is -2.74. The van der Waals surface area contributed by atoms with Crippen LogP contribution in [0.2, 0.25) is 5.02 Å². The minimum absolute atomic E-state index is 0.0383. The summed E-state index contributed by atoms with van der Waals surface area (Å²) >= 11 is 6.16. The average molecular weight is 346 g/mol. The van der Waals surface area contributed by atoms with E-state index in [-0.39, 0.29) is 11.8 Å². The number of rotatable bonds is 5. The van der Waals surface area contributed by atoms with Crippen molar-refractivity contribution in [3.8, 4) is 11.3 Å². The highest BCUT2D eigenvalue weighted by Gasteiger charge is 2.20. The summed E-state index contributed by atoms with van der Waals surface area (Å²) < 4.78 is 0. The molecule has 0 spiro atoms. The van der Waals surface area contributed by atoms with Crippen LogP contribution in [0.3, 0.4) is 0 Å². The number of likely N-dealkylation sites (N-methyl/N-ethyl adjacent to an activating group) is 1. The van der Waals surface area contributed by atoms with Crippen molar-refractivity contribution in [2.24, 2.45) is 0 Å². The van der Waals surface area contributed by atoms with E-state index in [0.717, 1.165) is 5.56 Å². The molecule has 1 amide bonds. The Morgan fingerprint density at radius 1 is 1.33 bits per heavy atom. The summed E-state index contributed by atoms with van der Waals surface area (Å²) in [4.78, 5) is 14.1. The zero-order valence-corrected chi connectivity index (χ0v) is 13.9. The number of halogens is 1. The number of tetrazole rings is 1. The zero-order valence-electron chi connectivity index (χ0n) is 13.2. The maximum Gasteiger partial charge on any atom is 0.271 e. The number of nitrogens with zero attached hydrogens (tertiary/aromatic N) is 5. The van der Waals surface area contributed by atoms with Gasteiger partial charge in [0, 0.05) is 25.1 Å². The summed E-state index contributed by atoms with van der Waals surface area (Å²) in [5.41, 5.74) is 1.80. The lowest BCUT2D eigenvalue weighted by molar-refractivity contribution is 0.0781. The molecule has 24 heavy (non-hydrogen) atoms. The first-order valence-corrected chi connectivity index (χ1v) is 7.73. The lowest BCUT2D eigenvalue weighted by atomic mass is 10.1. The standard InChI is InChI=1S/C15H16ClN7O/c1-9(14-19-21-22-20-14)8-23(2)15(24)13-7-12(17-18-13)10-5-3-4-6-11(10)16/h3-7,9H,8H2,1-2H3,(H,17,18)(H,19,20,21,22). The predicted octanol–water partition coefficient (Wildman–Crippen LogP) is 2.12. The number of hydrogen-bond donors (Lipinski definition) is 2. The normalized spacial score (nSPS) is 12.1. The first kappa shape index (κ1) is 16.1. The molecule has 0 radical (unpaired) electrons. The maximum atomic E-state index is 12.5. The molecule has 0 aliphatic carbocycles. The van der Waals surface area contributed by atoms with Crippen molar-refractivity contribution in [2.45, 2.75) is 12.8 Å². The summed E-state index contributed by atoms with van der Waals surface area (Å²) in [5.74, 6) is 0.357. The van der Waals surface area contributed by atoms with Crippen LogP contribution in [0.5, 0.6) is 0 Å². The molecule has 9 heteroatoms. The Balaban J connectivity index is 1.72. The molecule has 3 rings (SSSR count). The summed E-state index contributed by atoms with van der Waals surface area (Å²) in [6, 6.07) is 9.05. The molecule has 8 nitrogen and oxygen atoms in total. The molecule has 3 aromatic rings. The molecule has 0 bridgehead atoms. The third kappa shape index (κ3) is 3.28. The fourth-order valence-electron chi connectivity index (χ4n) is 2.40. The highest BCUT2D eigenvalue weighted by atomic mass is 35.5. The molecular weight excluding hydrogens is 330 g/mol. The fraction of sp³-hybridized carbons (Fsp3) is 0.267. The van der Waals surface area contributed by atoms with E-state index in [2.05, 4.69) is 30.8 Å². The Morgan fingerprint density at radius 2 is 2.12 bits per heavy atom. The second-order valence-corrected chi connectivity index (χ2v) is 5.91. The van der Waals surface area contributed by atoms with Crippen LogP contribution in [0.15, 0.2) is 30.3 Å². The van der Waals surface area contributed by atoms with Gasteiger partial charge in [0.05, 0.1) is 10.7 Å². The topological polar surface area (TPSA) is 103 Å². The van der Waals surface area contributed by atoms with Crippen LogP contribution in [0.25, 0.3) is 11.3 Å². The van der Waals surface area contributed by atoms with Gasteiger partial charge in [-0.3, -0.25) is 9.89 Å². The van der Waals surface area contributed by atoms with Gasteiger partial charge in [0.2, 0.25) is 0 Å². The Labute approximate surface area is 143 Å². The van der Waals surface area contributed by atoms with Crippen molar-refractivity contribution in [2.75, 3.05) is 13.6 Å². The SMILES string of the molecule is CC(CN(C)C(=O)c1cc(-c2ccccc2Cl)n[nH]1)c1nn[nH]n1. The molecule has 0 saturated carbocycles. The van der Waals surface area contributed by atoms with Crippen LogP contribution in [0.1, 0.15) is 29.2 Å². The monoisotopic (exact) mass is 345 g/mol. The largest absolute Gasteiger partial charge is 0.340 e. The average Bonchev–Trinajstić information content (AvgIpc) is 3.26. The molecule has 0 aliphatic heterocycles. The highest BCUT2D eigenvalue weighted by Crippen LogP contribution is 2.26. The van der Waals surface area contributed by atoms with Crippen molar-refractivity contribution in [3.05, 3.63) is 46.9 Å². The van der Waals surface area contributed by atoms with Gasteiger partial charge in [-0.05, 0) is 12.1 Å². The van der Waals surface area contributed by atoms with E-state index in [1.807, 2.05) is 25.1 Å². The van der Waals surface area contributed by atoms with Gasteiger partial charge in [-0.1, -0.05) is 41.9 Å². The molecule has 0 saturated heterocycles. The van der Waals surface area contributed by atoms with Gasteiger partial charge in [0.1, 0.15) is 5.69 Å². The van der Waals surface area contributed by atoms with E-state index in [1.165, 1.54) is 0 Å². The van der Waals surface area contributed by atoms with Crippen LogP contribution in [0.4, 0.5) is 0 Å². The van der Waals surface area contributed by atoms with Crippen molar-refractivity contribution in [1.82, 2.24) is 35.7 Å². The maximum absolute atomic E-state index is 12.5. The number of hydrogen-bond acceptors (Lipinski definition) is 5. The molecule has 2 heterocycles. The van der Waals surface area contributed by atoms with Crippen molar-refractivity contribution >= 4 is 17.5 Å². The van der Waals surface area contributed by atoms with Crippen LogP contribution in [-0.2, 0) is 0 Å². The molecule has 0 fully saturated rings. The van der Waals surface area contributed by atoms with Gasteiger partial charge >= 0.3 is 0 Å².